The van der Waals surface area contributed by atoms with Crippen molar-refractivity contribution in [1.82, 2.24) is 10.2 Å². The zero-order valence-electron chi connectivity index (χ0n) is 9.25. The molecule has 0 spiro atoms. The highest BCUT2D eigenvalue weighted by Crippen LogP contribution is 2.11. The van der Waals surface area contributed by atoms with Crippen LogP contribution >= 0.6 is 11.8 Å². The molecular formula is C10H20N2OS. The van der Waals surface area contributed by atoms with Crippen LogP contribution in [0.1, 0.15) is 19.8 Å². The van der Waals surface area contributed by atoms with E-state index in [0.29, 0.717) is 6.04 Å². The van der Waals surface area contributed by atoms with E-state index in [1.807, 2.05) is 23.7 Å². The van der Waals surface area contributed by atoms with Crippen LogP contribution in [0.15, 0.2) is 0 Å². The molecule has 0 aliphatic carbocycles. The highest BCUT2D eigenvalue weighted by Gasteiger charge is 2.29. The van der Waals surface area contributed by atoms with Crippen LogP contribution in [0, 0.1) is 0 Å². The van der Waals surface area contributed by atoms with Crippen molar-refractivity contribution in [2.45, 2.75) is 31.8 Å². The second kappa shape index (κ2) is 5.61. The number of carbonyl (C=O) groups excluding carboxylic acids is 1. The second-order valence-corrected chi connectivity index (χ2v) is 4.74. The minimum absolute atomic E-state index is 0.0668. The quantitative estimate of drug-likeness (QED) is 0.742. The highest BCUT2D eigenvalue weighted by atomic mass is 32.2. The molecule has 1 N–H and O–H groups in total. The summed E-state index contributed by atoms with van der Waals surface area (Å²) in [4.78, 5) is 13.4. The molecule has 82 valence electrons. The molecule has 1 aliphatic heterocycles. The van der Waals surface area contributed by atoms with Gasteiger partial charge < -0.3 is 10.2 Å². The fourth-order valence-corrected chi connectivity index (χ4v) is 2.48. The Kier molecular flexibility index (Phi) is 4.75. The minimum atomic E-state index is 0.0668. The monoisotopic (exact) mass is 216 g/mol. The van der Waals surface area contributed by atoms with Crippen LogP contribution in [0.25, 0.3) is 0 Å². The van der Waals surface area contributed by atoms with Crippen LogP contribution in [0.3, 0.4) is 0 Å². The summed E-state index contributed by atoms with van der Waals surface area (Å²) < 4.78 is 0. The number of amides is 1. The van der Waals surface area contributed by atoms with E-state index in [4.69, 9.17) is 0 Å². The molecule has 0 saturated carbocycles. The van der Waals surface area contributed by atoms with E-state index < -0.39 is 0 Å². The maximum Gasteiger partial charge on any atom is 0.239 e. The largest absolute Gasteiger partial charge is 0.344 e. The van der Waals surface area contributed by atoms with Crippen molar-refractivity contribution in [2.75, 3.05) is 25.6 Å². The van der Waals surface area contributed by atoms with Crippen molar-refractivity contribution < 1.29 is 4.79 Å². The van der Waals surface area contributed by atoms with E-state index >= 15 is 0 Å². The average Bonchev–Trinajstić information content (AvgIpc) is 2.49. The Labute approximate surface area is 90.6 Å². The number of hydrogen-bond acceptors (Lipinski definition) is 3. The second-order valence-electron chi connectivity index (χ2n) is 3.83. The van der Waals surface area contributed by atoms with E-state index in [2.05, 4.69) is 18.5 Å². The lowest BCUT2D eigenvalue weighted by Gasteiger charge is -2.20. The third-order valence-corrected chi connectivity index (χ3v) is 3.46. The first kappa shape index (κ1) is 11.9. The Morgan fingerprint density at radius 3 is 2.86 bits per heavy atom. The molecule has 1 saturated heterocycles. The number of rotatable bonds is 5. The van der Waals surface area contributed by atoms with Gasteiger partial charge in [-0.1, -0.05) is 6.92 Å². The van der Waals surface area contributed by atoms with Gasteiger partial charge in [-0.25, -0.2) is 0 Å². The molecule has 0 aromatic heterocycles. The van der Waals surface area contributed by atoms with Gasteiger partial charge in [0.25, 0.3) is 0 Å². The van der Waals surface area contributed by atoms with Crippen molar-refractivity contribution >= 4 is 17.7 Å². The first-order chi connectivity index (χ1) is 6.69. The summed E-state index contributed by atoms with van der Waals surface area (Å²) in [5.41, 5.74) is 0. The van der Waals surface area contributed by atoms with Gasteiger partial charge in [0.2, 0.25) is 5.91 Å². The van der Waals surface area contributed by atoms with Crippen molar-refractivity contribution in [3.05, 3.63) is 0 Å². The summed E-state index contributed by atoms with van der Waals surface area (Å²) in [6, 6.07) is 0.544. The van der Waals surface area contributed by atoms with Gasteiger partial charge in [-0.15, -0.1) is 0 Å². The van der Waals surface area contributed by atoms with E-state index in [9.17, 15) is 4.79 Å². The van der Waals surface area contributed by atoms with Crippen molar-refractivity contribution in [3.63, 3.8) is 0 Å². The Morgan fingerprint density at radius 1 is 1.71 bits per heavy atom. The minimum Gasteiger partial charge on any atom is -0.344 e. The first-order valence-electron chi connectivity index (χ1n) is 5.19. The van der Waals surface area contributed by atoms with E-state index in [1.54, 1.807) is 0 Å². The summed E-state index contributed by atoms with van der Waals surface area (Å²) in [6.45, 7) is 3.06. The number of carbonyl (C=O) groups is 1. The number of hydrogen-bond donors (Lipinski definition) is 1. The lowest BCUT2D eigenvalue weighted by Crippen LogP contribution is -2.43. The van der Waals surface area contributed by atoms with Gasteiger partial charge in [-0.3, -0.25) is 4.79 Å². The van der Waals surface area contributed by atoms with E-state index in [1.165, 1.54) is 0 Å². The highest BCUT2D eigenvalue weighted by molar-refractivity contribution is 7.98. The van der Waals surface area contributed by atoms with Crippen LogP contribution in [0.2, 0.25) is 0 Å². The Hall–Kier alpha value is -0.220. The molecule has 2 unspecified atom stereocenters. The Balaban J connectivity index is 2.39. The van der Waals surface area contributed by atoms with Crippen molar-refractivity contribution in [3.8, 4) is 0 Å². The van der Waals surface area contributed by atoms with Crippen LogP contribution in [0.4, 0.5) is 0 Å². The molecule has 1 amide bonds. The maximum absolute atomic E-state index is 11.6. The summed E-state index contributed by atoms with van der Waals surface area (Å²) in [5, 5.41) is 3.43. The molecule has 0 radical (unpaired) electrons. The Bertz CT molecular complexity index is 199. The summed E-state index contributed by atoms with van der Waals surface area (Å²) in [7, 11) is 1.87. The summed E-state index contributed by atoms with van der Waals surface area (Å²) in [5.74, 6) is 1.34. The number of nitrogens with one attached hydrogen (secondary N) is 1. The topological polar surface area (TPSA) is 32.3 Å². The van der Waals surface area contributed by atoms with Gasteiger partial charge >= 0.3 is 0 Å². The van der Waals surface area contributed by atoms with Gasteiger partial charge in [-0.05, 0) is 19.1 Å². The SMILES string of the molecule is CCC(CSC)NC1CCN(C)C1=O. The fraction of sp³-hybridized carbons (Fsp3) is 0.900. The predicted octanol–water partition coefficient (Wildman–Crippen LogP) is 0.948. The molecule has 1 fully saturated rings. The summed E-state index contributed by atoms with van der Waals surface area (Å²) >= 11 is 1.83. The molecule has 1 aliphatic rings. The lowest BCUT2D eigenvalue weighted by molar-refractivity contribution is -0.128. The molecule has 1 heterocycles. The molecule has 0 bridgehead atoms. The smallest absolute Gasteiger partial charge is 0.239 e. The average molecular weight is 216 g/mol. The van der Waals surface area contributed by atoms with Gasteiger partial charge in [0.1, 0.15) is 0 Å². The number of likely N-dealkylation sites (tertiary alicyclic amines) is 1. The van der Waals surface area contributed by atoms with Crippen molar-refractivity contribution in [1.29, 1.82) is 0 Å². The number of thioether (sulfide) groups is 1. The number of likely N-dealkylation sites (N-methyl/N-ethyl adjacent to an activating group) is 1. The predicted molar refractivity (Wildman–Crippen MR) is 61.6 cm³/mol. The third-order valence-electron chi connectivity index (χ3n) is 2.73. The fourth-order valence-electron chi connectivity index (χ4n) is 1.75. The van der Waals surface area contributed by atoms with Gasteiger partial charge in [-0.2, -0.15) is 11.8 Å². The molecular weight excluding hydrogens is 196 g/mol. The standard InChI is InChI=1S/C10H20N2OS/c1-4-8(7-14-3)11-9-5-6-12(2)10(9)13/h8-9,11H,4-7H2,1-3H3. The maximum atomic E-state index is 11.6. The van der Waals surface area contributed by atoms with Crippen LogP contribution in [-0.2, 0) is 4.79 Å². The van der Waals surface area contributed by atoms with Crippen LogP contribution in [0.5, 0.6) is 0 Å². The van der Waals surface area contributed by atoms with Crippen molar-refractivity contribution in [2.24, 2.45) is 0 Å². The summed E-state index contributed by atoms with van der Waals surface area (Å²) in [6.07, 6.45) is 4.15. The molecule has 0 aromatic rings. The normalized spacial score (nSPS) is 24.4. The molecule has 4 heteroatoms. The third kappa shape index (κ3) is 2.89. The zero-order valence-corrected chi connectivity index (χ0v) is 10.1. The van der Waals surface area contributed by atoms with E-state index in [-0.39, 0.29) is 11.9 Å². The zero-order chi connectivity index (χ0) is 10.6. The lowest BCUT2D eigenvalue weighted by atomic mass is 10.2. The van der Waals surface area contributed by atoms with Gasteiger partial charge in [0.05, 0.1) is 6.04 Å². The van der Waals surface area contributed by atoms with E-state index in [0.717, 1.165) is 25.1 Å². The number of nitrogens with zero attached hydrogens (tertiary/aromatic N) is 1. The van der Waals surface area contributed by atoms with Crippen LogP contribution in [-0.4, -0.2) is 48.5 Å². The first-order valence-corrected chi connectivity index (χ1v) is 6.58. The molecule has 3 nitrogen and oxygen atoms in total. The molecule has 14 heavy (non-hydrogen) atoms. The molecule has 1 rings (SSSR count). The van der Waals surface area contributed by atoms with Gasteiger partial charge in [0, 0.05) is 25.4 Å². The van der Waals surface area contributed by atoms with Gasteiger partial charge in [0.15, 0.2) is 0 Å². The Morgan fingerprint density at radius 2 is 2.43 bits per heavy atom. The molecule has 0 aromatic carbocycles. The molecule has 2 atom stereocenters. The van der Waals surface area contributed by atoms with Crippen LogP contribution < -0.4 is 5.32 Å².